The van der Waals surface area contributed by atoms with Gasteiger partial charge in [-0.05, 0) is 31.4 Å². The number of aromatic nitrogens is 1. The molecule has 3 aliphatic rings. The Kier molecular flexibility index (Phi) is 5.65. The molecular weight excluding hydrogens is 407 g/mol. The Hall–Kier alpha value is -2.30. The van der Waals surface area contributed by atoms with Crippen molar-refractivity contribution < 1.29 is 42.1 Å². The number of hydrogen-bond acceptors (Lipinski definition) is 7. The number of halogens is 3. The first-order valence-electron chi connectivity index (χ1n) is 9.62. The van der Waals surface area contributed by atoms with Crippen LogP contribution in [0, 0.1) is 11.8 Å². The van der Waals surface area contributed by atoms with E-state index in [9.17, 15) is 27.9 Å². The Labute approximate surface area is 169 Å². The second-order valence-corrected chi connectivity index (χ2v) is 7.64. The first-order valence-corrected chi connectivity index (χ1v) is 9.62. The lowest BCUT2D eigenvalue weighted by molar-refractivity contribution is -0.171. The maximum absolute atomic E-state index is 13.2. The van der Waals surface area contributed by atoms with Gasteiger partial charge in [-0.1, -0.05) is 0 Å². The fraction of sp³-hybridized carbons (Fsp3) is 0.550. The van der Waals surface area contributed by atoms with E-state index in [1.54, 1.807) is 0 Å². The molecule has 2 fully saturated rings. The van der Waals surface area contributed by atoms with Crippen molar-refractivity contribution in [3.63, 3.8) is 0 Å². The predicted molar refractivity (Wildman–Crippen MR) is 94.4 cm³/mol. The molecule has 1 saturated carbocycles. The molecule has 2 unspecified atom stereocenters. The van der Waals surface area contributed by atoms with Crippen molar-refractivity contribution >= 4 is 11.6 Å². The van der Waals surface area contributed by atoms with Crippen molar-refractivity contribution in [2.24, 2.45) is 11.8 Å². The highest BCUT2D eigenvalue weighted by Gasteiger charge is 2.44. The Morgan fingerprint density at radius 2 is 1.90 bits per heavy atom. The molecule has 4 rings (SSSR count). The number of aliphatic hydroxyl groups excluding tert-OH is 1. The molecule has 0 radical (unpaired) electrons. The molecule has 2 atom stereocenters. The zero-order chi connectivity index (χ0) is 21.5. The number of pyridine rings is 1. The quantitative estimate of drug-likeness (QED) is 0.570. The number of carbonyl (C=O) groups is 2. The van der Waals surface area contributed by atoms with Crippen LogP contribution in [0.4, 0.5) is 13.2 Å². The third kappa shape index (κ3) is 3.99. The van der Waals surface area contributed by atoms with Crippen LogP contribution in [0.15, 0.2) is 23.5 Å². The van der Waals surface area contributed by atoms with E-state index >= 15 is 0 Å². The summed E-state index contributed by atoms with van der Waals surface area (Å²) in [6, 6.07) is 1.66. The second-order valence-electron chi connectivity index (χ2n) is 7.64. The molecule has 1 aromatic rings. The van der Waals surface area contributed by atoms with E-state index in [1.165, 1.54) is 0 Å². The van der Waals surface area contributed by atoms with Crippen molar-refractivity contribution in [1.29, 1.82) is 0 Å². The minimum absolute atomic E-state index is 0.100. The van der Waals surface area contributed by atoms with Crippen molar-refractivity contribution in [2.45, 2.75) is 38.1 Å². The molecule has 1 aliphatic heterocycles. The van der Waals surface area contributed by atoms with Crippen LogP contribution in [-0.4, -0.2) is 47.8 Å². The van der Waals surface area contributed by atoms with Gasteiger partial charge in [0.25, 0.3) is 0 Å². The second kappa shape index (κ2) is 8.09. The Morgan fingerprint density at radius 3 is 2.60 bits per heavy atom. The van der Waals surface area contributed by atoms with Gasteiger partial charge in [-0.15, -0.1) is 0 Å². The highest BCUT2D eigenvalue weighted by Crippen LogP contribution is 2.43. The van der Waals surface area contributed by atoms with Gasteiger partial charge in [-0.2, -0.15) is 13.2 Å². The Bertz CT molecular complexity index is 891. The number of nitrogens with zero attached hydrogens (tertiary/aromatic N) is 1. The molecule has 2 bridgehead atoms. The summed E-state index contributed by atoms with van der Waals surface area (Å²) in [5, 5.41) is 10.4. The van der Waals surface area contributed by atoms with Gasteiger partial charge in [0.05, 0.1) is 25.5 Å². The summed E-state index contributed by atoms with van der Waals surface area (Å²) in [6.07, 6.45) is -3.58. The fourth-order valence-corrected chi connectivity index (χ4v) is 4.10. The number of rotatable bonds is 5. The SMILES string of the molecule is O=C(C1=C(O)C2CCC(C2)C1=O)c1ccc(C(F)(F)F)nc1COC1COCOC1. The van der Waals surface area contributed by atoms with Crippen LogP contribution in [0.5, 0.6) is 0 Å². The van der Waals surface area contributed by atoms with Gasteiger partial charge in [0.2, 0.25) is 5.78 Å². The summed E-state index contributed by atoms with van der Waals surface area (Å²) < 4.78 is 55.1. The molecule has 0 aromatic carbocycles. The lowest BCUT2D eigenvalue weighted by atomic mass is 9.83. The molecule has 1 saturated heterocycles. The third-order valence-corrected chi connectivity index (χ3v) is 5.66. The van der Waals surface area contributed by atoms with Crippen LogP contribution in [0.1, 0.15) is 41.0 Å². The maximum Gasteiger partial charge on any atom is 0.433 e. The molecular formula is C20H20F3NO6. The number of alkyl halides is 3. The molecule has 10 heteroatoms. The van der Waals surface area contributed by atoms with Crippen LogP contribution < -0.4 is 0 Å². The molecule has 162 valence electrons. The molecule has 1 N–H and O–H groups in total. The number of carbonyl (C=O) groups excluding carboxylic acids is 2. The first kappa shape index (κ1) is 21.0. The van der Waals surface area contributed by atoms with Gasteiger partial charge in [0.1, 0.15) is 29.9 Å². The minimum Gasteiger partial charge on any atom is -0.511 e. The zero-order valence-corrected chi connectivity index (χ0v) is 15.9. The summed E-state index contributed by atoms with van der Waals surface area (Å²) in [5.74, 6) is -2.19. The van der Waals surface area contributed by atoms with Gasteiger partial charge >= 0.3 is 6.18 Å². The molecule has 1 aromatic heterocycles. The molecule has 0 amide bonds. The normalized spacial score (nSPS) is 25.1. The van der Waals surface area contributed by atoms with Crippen molar-refractivity contribution in [2.75, 3.05) is 20.0 Å². The van der Waals surface area contributed by atoms with E-state index in [4.69, 9.17) is 14.2 Å². The van der Waals surface area contributed by atoms with Crippen molar-refractivity contribution in [3.8, 4) is 0 Å². The number of ether oxygens (including phenoxy) is 3. The van der Waals surface area contributed by atoms with E-state index in [1.807, 2.05) is 0 Å². The molecule has 7 nitrogen and oxygen atoms in total. The smallest absolute Gasteiger partial charge is 0.433 e. The third-order valence-electron chi connectivity index (χ3n) is 5.66. The lowest BCUT2D eigenvalue weighted by Gasteiger charge is -2.24. The number of hydrogen-bond donors (Lipinski definition) is 1. The number of ketones is 2. The van der Waals surface area contributed by atoms with E-state index in [0.717, 1.165) is 6.07 Å². The van der Waals surface area contributed by atoms with E-state index < -0.39 is 36.1 Å². The summed E-state index contributed by atoms with van der Waals surface area (Å²) in [7, 11) is 0. The Balaban J connectivity index is 1.66. The van der Waals surface area contributed by atoms with E-state index in [-0.39, 0.29) is 54.4 Å². The number of aliphatic hydroxyl groups is 1. The van der Waals surface area contributed by atoms with Crippen molar-refractivity contribution in [1.82, 2.24) is 4.98 Å². The largest absolute Gasteiger partial charge is 0.511 e. The Morgan fingerprint density at radius 1 is 1.20 bits per heavy atom. The first-order chi connectivity index (χ1) is 14.3. The summed E-state index contributed by atoms with van der Waals surface area (Å²) in [6.45, 7) is 0.0762. The van der Waals surface area contributed by atoms with E-state index in [2.05, 4.69) is 4.98 Å². The van der Waals surface area contributed by atoms with Crippen LogP contribution in [0.2, 0.25) is 0 Å². The highest BCUT2D eigenvalue weighted by atomic mass is 19.4. The van der Waals surface area contributed by atoms with Crippen LogP contribution in [0.25, 0.3) is 0 Å². The average Bonchev–Trinajstić information content (AvgIpc) is 3.18. The molecule has 0 spiro atoms. The van der Waals surface area contributed by atoms with E-state index in [0.29, 0.717) is 25.3 Å². The average molecular weight is 427 g/mol. The molecule has 30 heavy (non-hydrogen) atoms. The molecule has 2 heterocycles. The zero-order valence-electron chi connectivity index (χ0n) is 15.9. The van der Waals surface area contributed by atoms with Crippen molar-refractivity contribution in [3.05, 3.63) is 40.4 Å². The fourth-order valence-electron chi connectivity index (χ4n) is 4.10. The lowest BCUT2D eigenvalue weighted by Crippen LogP contribution is -2.32. The summed E-state index contributed by atoms with van der Waals surface area (Å²) in [4.78, 5) is 29.3. The van der Waals surface area contributed by atoms with Gasteiger partial charge < -0.3 is 19.3 Å². The van der Waals surface area contributed by atoms with Gasteiger partial charge in [0.15, 0.2) is 5.78 Å². The van der Waals surface area contributed by atoms with Crippen LogP contribution in [-0.2, 0) is 31.8 Å². The number of fused-ring (bicyclic) bond motifs is 2. The predicted octanol–water partition coefficient (Wildman–Crippen LogP) is 2.98. The highest BCUT2D eigenvalue weighted by molar-refractivity contribution is 6.28. The monoisotopic (exact) mass is 427 g/mol. The summed E-state index contributed by atoms with van der Waals surface area (Å²) >= 11 is 0. The minimum atomic E-state index is -4.71. The topological polar surface area (TPSA) is 95.0 Å². The number of Topliss-reactive ketones (excluding diaryl/α,β-unsaturated/α-hetero) is 2. The number of allylic oxidation sites excluding steroid dienone is 2. The summed E-state index contributed by atoms with van der Waals surface area (Å²) in [5.41, 5.74) is -1.98. The van der Waals surface area contributed by atoms with Gasteiger partial charge in [-0.25, -0.2) is 4.98 Å². The van der Waals surface area contributed by atoms with Crippen LogP contribution >= 0.6 is 0 Å². The standard InChI is InChI=1S/C20H20F3NO6/c21-20(22,23)15-4-3-13(14(24-15)8-30-12-6-28-9-29-7-12)19(27)16-17(25)10-1-2-11(5-10)18(16)26/h3-4,10-12,25H,1-2,5-9H2. The van der Waals surface area contributed by atoms with Crippen LogP contribution in [0.3, 0.4) is 0 Å². The maximum atomic E-state index is 13.2. The van der Waals surface area contributed by atoms with Gasteiger partial charge in [0, 0.05) is 17.4 Å². The molecule has 2 aliphatic carbocycles. The van der Waals surface area contributed by atoms with Gasteiger partial charge in [-0.3, -0.25) is 9.59 Å².